The lowest BCUT2D eigenvalue weighted by Crippen LogP contribution is -2.33. The summed E-state index contributed by atoms with van der Waals surface area (Å²) >= 11 is 0. The number of rotatable bonds is 9. The molecular formula is C14H24N6O. The Kier molecular flexibility index (Phi) is 7.23. The molecule has 1 heterocycles. The second-order valence-corrected chi connectivity index (χ2v) is 4.80. The summed E-state index contributed by atoms with van der Waals surface area (Å²) in [5.74, 6) is 1.05. The van der Waals surface area contributed by atoms with Gasteiger partial charge in [-0.1, -0.05) is 6.92 Å². The van der Waals surface area contributed by atoms with Crippen molar-refractivity contribution in [3.05, 3.63) is 0 Å². The summed E-state index contributed by atoms with van der Waals surface area (Å²) in [4.78, 5) is 15.0. The minimum absolute atomic E-state index is 0.189. The Hall–Kier alpha value is -2.10. The zero-order chi connectivity index (χ0) is 15.7. The van der Waals surface area contributed by atoms with Crippen LogP contribution < -0.4 is 15.0 Å². The molecule has 0 unspecified atom stereocenters. The molecule has 7 nitrogen and oxygen atoms in total. The molecule has 0 aliphatic carbocycles. The zero-order valence-electron chi connectivity index (χ0n) is 13.3. The number of nitriles is 1. The minimum Gasteiger partial charge on any atom is -0.464 e. The molecule has 0 bridgehead atoms. The predicted octanol–water partition coefficient (Wildman–Crippen LogP) is 2.22. The van der Waals surface area contributed by atoms with Crippen molar-refractivity contribution in [3.63, 3.8) is 0 Å². The monoisotopic (exact) mass is 292 g/mol. The Labute approximate surface area is 126 Å². The molecular weight excluding hydrogens is 268 g/mol. The van der Waals surface area contributed by atoms with E-state index in [0.717, 1.165) is 13.0 Å². The van der Waals surface area contributed by atoms with Crippen LogP contribution in [0.4, 0.5) is 11.9 Å². The largest absolute Gasteiger partial charge is 0.464 e. The second kappa shape index (κ2) is 8.95. The van der Waals surface area contributed by atoms with Crippen LogP contribution in [0.25, 0.3) is 0 Å². The molecule has 1 aromatic heterocycles. The molecule has 0 aliphatic heterocycles. The van der Waals surface area contributed by atoms with E-state index in [0.29, 0.717) is 37.5 Å². The summed E-state index contributed by atoms with van der Waals surface area (Å²) in [6, 6.07) is 2.65. The third-order valence-electron chi connectivity index (χ3n) is 2.75. The van der Waals surface area contributed by atoms with Crippen molar-refractivity contribution in [3.8, 4) is 12.1 Å². The van der Waals surface area contributed by atoms with Gasteiger partial charge in [-0.2, -0.15) is 20.2 Å². The molecule has 1 aromatic rings. The zero-order valence-corrected chi connectivity index (χ0v) is 13.3. The third kappa shape index (κ3) is 5.42. The van der Waals surface area contributed by atoms with Crippen molar-refractivity contribution in [2.75, 3.05) is 29.9 Å². The topological polar surface area (TPSA) is 87.0 Å². The van der Waals surface area contributed by atoms with E-state index in [9.17, 15) is 0 Å². The number of hydrogen-bond donors (Lipinski definition) is 1. The van der Waals surface area contributed by atoms with Gasteiger partial charge in [-0.3, -0.25) is 0 Å². The number of ether oxygens (including phenoxy) is 1. The van der Waals surface area contributed by atoms with E-state index in [1.54, 1.807) is 0 Å². The van der Waals surface area contributed by atoms with Crippen molar-refractivity contribution < 1.29 is 4.74 Å². The van der Waals surface area contributed by atoms with Crippen LogP contribution in [-0.4, -0.2) is 40.7 Å². The normalized spacial score (nSPS) is 10.3. The Bertz CT molecular complexity index is 471. The first-order valence-corrected chi connectivity index (χ1v) is 7.38. The first-order valence-electron chi connectivity index (χ1n) is 7.38. The van der Waals surface area contributed by atoms with Crippen molar-refractivity contribution in [1.82, 2.24) is 15.0 Å². The molecule has 116 valence electrons. The fourth-order valence-corrected chi connectivity index (χ4v) is 1.74. The van der Waals surface area contributed by atoms with Gasteiger partial charge in [-0.05, 0) is 27.2 Å². The number of hydrogen-bond acceptors (Lipinski definition) is 7. The van der Waals surface area contributed by atoms with Gasteiger partial charge in [0.05, 0.1) is 19.1 Å². The van der Waals surface area contributed by atoms with Crippen molar-refractivity contribution >= 4 is 11.9 Å². The lowest BCUT2D eigenvalue weighted by Gasteiger charge is -2.26. The van der Waals surface area contributed by atoms with Crippen LogP contribution in [0.5, 0.6) is 6.01 Å². The van der Waals surface area contributed by atoms with Crippen molar-refractivity contribution in [1.29, 1.82) is 5.26 Å². The summed E-state index contributed by atoms with van der Waals surface area (Å²) in [5, 5.41) is 11.9. The average Bonchev–Trinajstić information content (AvgIpc) is 2.45. The van der Waals surface area contributed by atoms with E-state index in [-0.39, 0.29) is 6.04 Å². The molecule has 0 aromatic carbocycles. The number of nitrogens with zero attached hydrogens (tertiary/aromatic N) is 5. The maximum absolute atomic E-state index is 8.79. The fourth-order valence-electron chi connectivity index (χ4n) is 1.74. The van der Waals surface area contributed by atoms with Crippen molar-refractivity contribution in [2.45, 2.75) is 46.6 Å². The maximum Gasteiger partial charge on any atom is 0.323 e. The van der Waals surface area contributed by atoms with Gasteiger partial charge in [0.25, 0.3) is 0 Å². The summed E-state index contributed by atoms with van der Waals surface area (Å²) in [5.41, 5.74) is 0. The van der Waals surface area contributed by atoms with E-state index < -0.39 is 0 Å². The number of anilines is 2. The van der Waals surface area contributed by atoms with Gasteiger partial charge in [-0.25, -0.2) is 0 Å². The summed E-state index contributed by atoms with van der Waals surface area (Å²) in [6.07, 6.45) is 1.40. The first kappa shape index (κ1) is 17.0. The maximum atomic E-state index is 8.79. The van der Waals surface area contributed by atoms with Crippen LogP contribution >= 0.6 is 0 Å². The van der Waals surface area contributed by atoms with Gasteiger partial charge in [0.15, 0.2) is 0 Å². The SMILES string of the molecule is CCCNc1nc(OCC)nc(N(CCC#N)C(C)C)n1. The van der Waals surface area contributed by atoms with Crippen LogP contribution in [0.3, 0.4) is 0 Å². The molecule has 1 N–H and O–H groups in total. The molecule has 0 spiro atoms. The highest BCUT2D eigenvalue weighted by Crippen LogP contribution is 2.17. The lowest BCUT2D eigenvalue weighted by molar-refractivity contribution is 0.311. The van der Waals surface area contributed by atoms with Gasteiger partial charge in [0.2, 0.25) is 11.9 Å². The van der Waals surface area contributed by atoms with Gasteiger partial charge < -0.3 is 15.0 Å². The quantitative estimate of drug-likeness (QED) is 0.746. The molecule has 0 saturated carbocycles. The van der Waals surface area contributed by atoms with E-state index in [1.807, 2.05) is 25.7 Å². The van der Waals surface area contributed by atoms with E-state index >= 15 is 0 Å². The number of aromatic nitrogens is 3. The van der Waals surface area contributed by atoms with Gasteiger partial charge in [0, 0.05) is 19.1 Å². The first-order chi connectivity index (χ1) is 10.1. The van der Waals surface area contributed by atoms with Crippen LogP contribution in [-0.2, 0) is 0 Å². The molecule has 0 atom stereocenters. The summed E-state index contributed by atoms with van der Waals surface area (Å²) in [7, 11) is 0. The van der Waals surface area contributed by atoms with Crippen LogP contribution in [0, 0.1) is 11.3 Å². The minimum atomic E-state index is 0.189. The van der Waals surface area contributed by atoms with E-state index in [2.05, 4.69) is 33.3 Å². The smallest absolute Gasteiger partial charge is 0.323 e. The Morgan fingerprint density at radius 1 is 1.29 bits per heavy atom. The standard InChI is InChI=1S/C14H24N6O/c1-5-9-16-12-17-13(19-14(18-12)21-6-2)20(11(3)4)10-7-8-15/h11H,5-7,9-10H2,1-4H3,(H,16,17,18,19). The Morgan fingerprint density at radius 2 is 2.05 bits per heavy atom. The Balaban J connectivity index is 3.05. The molecule has 0 fully saturated rings. The summed E-state index contributed by atoms with van der Waals surface area (Å²) in [6.45, 7) is 9.91. The number of nitrogens with one attached hydrogen (secondary N) is 1. The fraction of sp³-hybridized carbons (Fsp3) is 0.714. The van der Waals surface area contributed by atoms with E-state index in [4.69, 9.17) is 10.00 Å². The van der Waals surface area contributed by atoms with Crippen LogP contribution in [0.2, 0.25) is 0 Å². The van der Waals surface area contributed by atoms with Gasteiger partial charge in [0.1, 0.15) is 0 Å². The molecule has 1 rings (SSSR count). The van der Waals surface area contributed by atoms with Crippen LogP contribution in [0.1, 0.15) is 40.5 Å². The molecule has 21 heavy (non-hydrogen) atoms. The summed E-state index contributed by atoms with van der Waals surface area (Å²) < 4.78 is 5.41. The van der Waals surface area contributed by atoms with Gasteiger partial charge >= 0.3 is 6.01 Å². The lowest BCUT2D eigenvalue weighted by atomic mass is 10.3. The van der Waals surface area contributed by atoms with Crippen LogP contribution in [0.15, 0.2) is 0 Å². The highest BCUT2D eigenvalue weighted by Gasteiger charge is 2.16. The highest BCUT2D eigenvalue weighted by molar-refractivity contribution is 5.39. The molecule has 0 amide bonds. The second-order valence-electron chi connectivity index (χ2n) is 4.80. The van der Waals surface area contributed by atoms with Gasteiger partial charge in [-0.15, -0.1) is 0 Å². The average molecular weight is 292 g/mol. The molecule has 0 saturated heterocycles. The molecule has 0 aliphatic rings. The predicted molar refractivity (Wildman–Crippen MR) is 82.5 cm³/mol. The highest BCUT2D eigenvalue weighted by atomic mass is 16.5. The van der Waals surface area contributed by atoms with Crippen molar-refractivity contribution in [2.24, 2.45) is 0 Å². The molecule has 7 heteroatoms. The Morgan fingerprint density at radius 3 is 2.62 bits per heavy atom. The van der Waals surface area contributed by atoms with E-state index in [1.165, 1.54) is 0 Å². The molecule has 0 radical (unpaired) electrons. The third-order valence-corrected chi connectivity index (χ3v) is 2.75.